The zero-order chi connectivity index (χ0) is 33.6. The van der Waals surface area contributed by atoms with Crippen LogP contribution in [-0.4, -0.2) is 43.3 Å². The van der Waals surface area contributed by atoms with Gasteiger partial charge in [0.2, 0.25) is 11.8 Å². The van der Waals surface area contributed by atoms with E-state index < -0.39 is 34.1 Å². The molecule has 4 rings (SSSR count). The van der Waals surface area contributed by atoms with Crippen LogP contribution in [0.1, 0.15) is 54.2 Å². The molecular weight excluding hydrogens is 595 g/mol. The maximum Gasteiger partial charge on any atom is 0.264 e. The molecule has 8 heteroatoms. The molecule has 0 aliphatic heterocycles. The van der Waals surface area contributed by atoms with Crippen molar-refractivity contribution in [2.45, 2.75) is 77.9 Å². The number of sulfonamides is 1. The van der Waals surface area contributed by atoms with Crippen LogP contribution >= 0.6 is 0 Å². The monoisotopic (exact) mass is 639 g/mol. The molecule has 1 unspecified atom stereocenters. The summed E-state index contributed by atoms with van der Waals surface area (Å²) < 4.78 is 29.8. The molecule has 4 aromatic rings. The Balaban J connectivity index is 1.85. The van der Waals surface area contributed by atoms with Gasteiger partial charge < -0.3 is 10.2 Å². The van der Waals surface area contributed by atoms with Gasteiger partial charge in [-0.25, -0.2) is 8.42 Å². The molecule has 0 aliphatic carbocycles. The molecule has 0 saturated heterocycles. The summed E-state index contributed by atoms with van der Waals surface area (Å²) in [6.45, 7) is 13.0. The number of nitrogens with zero attached hydrogens (tertiary/aromatic N) is 2. The van der Waals surface area contributed by atoms with Gasteiger partial charge in [0.1, 0.15) is 12.6 Å². The minimum absolute atomic E-state index is 0.0858. The van der Waals surface area contributed by atoms with E-state index in [0.29, 0.717) is 5.69 Å². The number of hydrogen-bond donors (Lipinski definition) is 1. The summed E-state index contributed by atoms with van der Waals surface area (Å²) in [7, 11) is -4.16. The number of benzene rings is 4. The Kier molecular flexibility index (Phi) is 10.7. The molecule has 0 fully saturated rings. The maximum absolute atomic E-state index is 14.7. The van der Waals surface area contributed by atoms with Crippen molar-refractivity contribution < 1.29 is 18.0 Å². The van der Waals surface area contributed by atoms with E-state index in [9.17, 15) is 18.0 Å². The molecular formula is C38H45N3O4S. The average Bonchev–Trinajstić information content (AvgIpc) is 2.98. The second kappa shape index (κ2) is 14.3. The van der Waals surface area contributed by atoms with E-state index in [-0.39, 0.29) is 23.8 Å². The van der Waals surface area contributed by atoms with Gasteiger partial charge in [-0.2, -0.15) is 0 Å². The van der Waals surface area contributed by atoms with E-state index in [1.165, 1.54) is 9.21 Å². The van der Waals surface area contributed by atoms with Gasteiger partial charge in [-0.05, 0) is 88.9 Å². The van der Waals surface area contributed by atoms with Crippen molar-refractivity contribution >= 4 is 27.5 Å². The Morgan fingerprint density at radius 1 is 0.761 bits per heavy atom. The third kappa shape index (κ3) is 8.63. The van der Waals surface area contributed by atoms with Gasteiger partial charge in [0.15, 0.2) is 0 Å². The molecule has 0 heterocycles. The van der Waals surface area contributed by atoms with E-state index in [1.54, 1.807) is 30.3 Å². The van der Waals surface area contributed by atoms with Crippen LogP contribution in [0.15, 0.2) is 102 Å². The number of carbonyl (C=O) groups is 2. The zero-order valence-corrected chi connectivity index (χ0v) is 28.7. The fourth-order valence-electron chi connectivity index (χ4n) is 5.41. The Hall–Kier alpha value is -4.43. The van der Waals surface area contributed by atoms with Crippen molar-refractivity contribution in [2.24, 2.45) is 0 Å². The number of hydrogen-bond acceptors (Lipinski definition) is 4. The molecule has 7 nitrogen and oxygen atoms in total. The first-order valence-electron chi connectivity index (χ1n) is 15.5. The highest BCUT2D eigenvalue weighted by atomic mass is 32.2. The standard InChI is InChI=1S/C38H45N3O4S/c1-27-17-20-33(21-18-27)46(44,45)41(34-22-19-28(2)23-30(34)4)26-36(42)40(25-32-16-12-11-13-29(32)3)35(37(43)39-38(5,6)7)24-31-14-9-8-10-15-31/h8-23,35H,24-26H2,1-7H3,(H,39,43). The third-order valence-corrected chi connectivity index (χ3v) is 9.65. The molecule has 242 valence electrons. The Morgan fingerprint density at radius 2 is 1.37 bits per heavy atom. The second-order valence-electron chi connectivity index (χ2n) is 13.0. The van der Waals surface area contributed by atoms with E-state index in [2.05, 4.69) is 5.32 Å². The van der Waals surface area contributed by atoms with Crippen molar-refractivity contribution in [3.05, 3.63) is 130 Å². The minimum atomic E-state index is -4.16. The first kappa shape index (κ1) is 34.4. The van der Waals surface area contributed by atoms with Crippen molar-refractivity contribution in [3.8, 4) is 0 Å². The van der Waals surface area contributed by atoms with Gasteiger partial charge in [0.25, 0.3) is 10.0 Å². The molecule has 0 aliphatic rings. The highest BCUT2D eigenvalue weighted by molar-refractivity contribution is 7.92. The van der Waals surface area contributed by atoms with Gasteiger partial charge in [0.05, 0.1) is 10.6 Å². The predicted octanol–water partition coefficient (Wildman–Crippen LogP) is 6.67. The first-order valence-corrected chi connectivity index (χ1v) is 17.0. The lowest BCUT2D eigenvalue weighted by Crippen LogP contribution is -2.56. The van der Waals surface area contributed by atoms with Crippen LogP contribution in [0.3, 0.4) is 0 Å². The number of carbonyl (C=O) groups excluding carboxylic acids is 2. The van der Waals surface area contributed by atoms with Crippen molar-refractivity contribution in [3.63, 3.8) is 0 Å². The summed E-state index contributed by atoms with van der Waals surface area (Å²) in [4.78, 5) is 30.4. The number of nitrogens with one attached hydrogen (secondary N) is 1. The van der Waals surface area contributed by atoms with E-state index >= 15 is 0 Å². The van der Waals surface area contributed by atoms with Crippen LogP contribution in [0.4, 0.5) is 5.69 Å². The summed E-state index contributed by atoms with van der Waals surface area (Å²) in [6.07, 6.45) is 0.259. The smallest absolute Gasteiger partial charge is 0.264 e. The Bertz CT molecular complexity index is 1780. The topological polar surface area (TPSA) is 86.8 Å². The molecule has 0 aromatic heterocycles. The second-order valence-corrected chi connectivity index (χ2v) is 14.9. The highest BCUT2D eigenvalue weighted by Crippen LogP contribution is 2.29. The largest absolute Gasteiger partial charge is 0.350 e. The van der Waals surface area contributed by atoms with Gasteiger partial charge in [0, 0.05) is 18.5 Å². The summed E-state index contributed by atoms with van der Waals surface area (Å²) in [5.74, 6) is -0.790. The van der Waals surface area contributed by atoms with Crippen molar-refractivity contribution in [1.82, 2.24) is 10.2 Å². The van der Waals surface area contributed by atoms with Crippen molar-refractivity contribution in [2.75, 3.05) is 10.8 Å². The molecule has 2 amide bonds. The SMILES string of the molecule is Cc1ccc(S(=O)(=O)N(CC(=O)N(Cc2ccccc2C)C(Cc2ccccc2)C(=O)NC(C)(C)C)c2ccc(C)cc2C)cc1. The summed E-state index contributed by atoms with van der Waals surface area (Å²) in [5.41, 5.74) is 5.20. The quantitative estimate of drug-likeness (QED) is 0.199. The zero-order valence-electron chi connectivity index (χ0n) is 27.9. The predicted molar refractivity (Wildman–Crippen MR) is 185 cm³/mol. The van der Waals surface area contributed by atoms with Gasteiger partial charge >= 0.3 is 0 Å². The van der Waals surface area contributed by atoms with E-state index in [4.69, 9.17) is 0 Å². The van der Waals surface area contributed by atoms with Gasteiger partial charge in [-0.1, -0.05) is 90.0 Å². The average molecular weight is 640 g/mol. The fraction of sp³-hybridized carbons (Fsp3) is 0.316. The lowest BCUT2D eigenvalue weighted by molar-refractivity contribution is -0.140. The summed E-state index contributed by atoms with van der Waals surface area (Å²) in [5, 5.41) is 3.07. The first-order chi connectivity index (χ1) is 21.7. The van der Waals surface area contributed by atoms with Crippen molar-refractivity contribution in [1.29, 1.82) is 0 Å². The lowest BCUT2D eigenvalue weighted by Gasteiger charge is -2.36. The highest BCUT2D eigenvalue weighted by Gasteiger charge is 2.36. The van der Waals surface area contributed by atoms with Crippen LogP contribution in [0, 0.1) is 27.7 Å². The molecule has 4 aromatic carbocycles. The number of rotatable bonds is 11. The third-order valence-electron chi connectivity index (χ3n) is 7.88. The molecule has 0 saturated carbocycles. The van der Waals surface area contributed by atoms with Crippen LogP contribution in [0.25, 0.3) is 0 Å². The van der Waals surface area contributed by atoms with Crippen LogP contribution in [-0.2, 0) is 32.6 Å². The van der Waals surface area contributed by atoms with E-state index in [0.717, 1.165) is 33.4 Å². The molecule has 1 N–H and O–H groups in total. The lowest BCUT2D eigenvalue weighted by atomic mass is 10.00. The Labute approximate surface area is 274 Å². The fourth-order valence-corrected chi connectivity index (χ4v) is 6.89. The molecule has 0 radical (unpaired) electrons. The minimum Gasteiger partial charge on any atom is -0.350 e. The van der Waals surface area contributed by atoms with Crippen LogP contribution < -0.4 is 9.62 Å². The molecule has 46 heavy (non-hydrogen) atoms. The van der Waals surface area contributed by atoms with Crippen LogP contribution in [0.5, 0.6) is 0 Å². The molecule has 0 spiro atoms. The number of anilines is 1. The summed E-state index contributed by atoms with van der Waals surface area (Å²) >= 11 is 0. The normalized spacial score (nSPS) is 12.3. The molecule has 0 bridgehead atoms. The summed E-state index contributed by atoms with van der Waals surface area (Å²) in [6, 6.07) is 28.5. The van der Waals surface area contributed by atoms with Gasteiger partial charge in [-0.3, -0.25) is 13.9 Å². The number of aryl methyl sites for hydroxylation is 4. The maximum atomic E-state index is 14.7. The number of amides is 2. The van der Waals surface area contributed by atoms with E-state index in [1.807, 2.05) is 115 Å². The van der Waals surface area contributed by atoms with Crippen LogP contribution in [0.2, 0.25) is 0 Å². The Morgan fingerprint density at radius 3 is 1.98 bits per heavy atom. The van der Waals surface area contributed by atoms with Gasteiger partial charge in [-0.15, -0.1) is 0 Å². The molecule has 1 atom stereocenters.